The normalized spacial score (nSPS) is 13.7. The lowest BCUT2D eigenvalue weighted by atomic mass is 10.1. The maximum absolute atomic E-state index is 14.7. The van der Waals surface area contributed by atoms with E-state index in [-0.39, 0.29) is 18.3 Å². The van der Waals surface area contributed by atoms with Crippen molar-refractivity contribution >= 4 is 17.7 Å². The summed E-state index contributed by atoms with van der Waals surface area (Å²) in [5.74, 6) is -0.853. The topological polar surface area (TPSA) is 116 Å². The van der Waals surface area contributed by atoms with Gasteiger partial charge in [0.1, 0.15) is 6.61 Å². The molecule has 0 aliphatic carbocycles. The molecule has 1 saturated heterocycles. The molecule has 1 aromatic heterocycles. The Labute approximate surface area is 162 Å². The van der Waals surface area contributed by atoms with E-state index in [1.165, 1.54) is 0 Å². The van der Waals surface area contributed by atoms with E-state index in [9.17, 15) is 9.18 Å². The number of carbonyl (C=O) groups excluding carboxylic acids is 1. The molecule has 148 valence electrons. The van der Waals surface area contributed by atoms with Crippen LogP contribution in [0.4, 0.5) is 14.9 Å². The summed E-state index contributed by atoms with van der Waals surface area (Å²) in [6.45, 7) is 3.29. The number of hydrogen-bond acceptors (Lipinski definition) is 5. The van der Waals surface area contributed by atoms with Crippen molar-refractivity contribution in [3.8, 4) is 0 Å². The van der Waals surface area contributed by atoms with Crippen LogP contribution in [0.2, 0.25) is 0 Å². The summed E-state index contributed by atoms with van der Waals surface area (Å²) in [6.07, 6.45) is 0.843. The highest BCUT2D eigenvalue weighted by Crippen LogP contribution is 2.28. The molecular formula is C19H22FN5O3. The average Bonchev–Trinajstić information content (AvgIpc) is 2.61. The molecule has 0 atom stereocenters. The van der Waals surface area contributed by atoms with Crippen LogP contribution in [0.25, 0.3) is 0 Å². The van der Waals surface area contributed by atoms with Crippen molar-refractivity contribution in [2.45, 2.75) is 26.2 Å². The van der Waals surface area contributed by atoms with E-state index in [2.05, 4.69) is 9.98 Å². The third-order valence-electron chi connectivity index (χ3n) is 4.28. The maximum Gasteiger partial charge on any atom is 0.437 e. The van der Waals surface area contributed by atoms with Gasteiger partial charge in [0.2, 0.25) is 0 Å². The van der Waals surface area contributed by atoms with E-state index in [0.717, 1.165) is 11.3 Å². The number of aryl methyl sites for hydroxylation is 1. The van der Waals surface area contributed by atoms with Gasteiger partial charge in [0.15, 0.2) is 11.8 Å². The molecule has 3 rings (SSSR count). The van der Waals surface area contributed by atoms with Crippen LogP contribution in [0.15, 0.2) is 41.5 Å². The van der Waals surface area contributed by atoms with Gasteiger partial charge in [-0.2, -0.15) is 0 Å². The number of guanidine groups is 1. The maximum atomic E-state index is 14.7. The Morgan fingerprint density at radius 1 is 1.29 bits per heavy atom. The van der Waals surface area contributed by atoms with Gasteiger partial charge in [-0.25, -0.2) is 9.18 Å². The first-order valence-corrected chi connectivity index (χ1v) is 8.74. The number of aromatic nitrogens is 1. The third-order valence-corrected chi connectivity index (χ3v) is 4.28. The predicted octanol–water partition coefficient (Wildman–Crippen LogP) is 1.84. The monoisotopic (exact) mass is 387 g/mol. The highest BCUT2D eigenvalue weighted by Gasteiger charge is 2.30. The molecule has 1 aromatic carbocycles. The number of pyridine rings is 1. The lowest BCUT2D eigenvalue weighted by Crippen LogP contribution is -2.52. The first-order valence-electron chi connectivity index (χ1n) is 8.74. The smallest absolute Gasteiger partial charge is 0.437 e. The summed E-state index contributed by atoms with van der Waals surface area (Å²) in [5.41, 5.74) is 12.8. The van der Waals surface area contributed by atoms with Crippen LogP contribution < -0.4 is 16.4 Å². The Morgan fingerprint density at radius 3 is 2.75 bits per heavy atom. The second-order valence-electron chi connectivity index (χ2n) is 6.49. The van der Waals surface area contributed by atoms with Gasteiger partial charge in [-0.3, -0.25) is 4.98 Å². The fourth-order valence-corrected chi connectivity index (χ4v) is 2.74. The van der Waals surface area contributed by atoms with Crippen molar-refractivity contribution in [3.05, 3.63) is 59.2 Å². The Kier molecular flexibility index (Phi) is 6.05. The first-order chi connectivity index (χ1) is 13.4. The van der Waals surface area contributed by atoms with Gasteiger partial charge < -0.3 is 25.8 Å². The third kappa shape index (κ3) is 4.95. The SMILES string of the molecule is Cc1ccc(COC2CN(c3cccc(COC(=O)N=C(N)N)c3F)C2)cn1. The van der Waals surface area contributed by atoms with Gasteiger partial charge >= 0.3 is 6.09 Å². The number of hydrogen-bond donors (Lipinski definition) is 2. The number of anilines is 1. The van der Waals surface area contributed by atoms with Crippen LogP contribution in [0.5, 0.6) is 0 Å². The van der Waals surface area contributed by atoms with Crippen LogP contribution in [-0.4, -0.2) is 36.2 Å². The highest BCUT2D eigenvalue weighted by molar-refractivity contribution is 5.87. The van der Waals surface area contributed by atoms with Gasteiger partial charge in [-0.15, -0.1) is 4.99 Å². The van der Waals surface area contributed by atoms with Gasteiger partial charge in [0.05, 0.1) is 18.4 Å². The lowest BCUT2D eigenvalue weighted by Gasteiger charge is -2.41. The molecule has 0 unspecified atom stereocenters. The highest BCUT2D eigenvalue weighted by atomic mass is 19.1. The van der Waals surface area contributed by atoms with Gasteiger partial charge in [0, 0.05) is 30.5 Å². The molecule has 9 heteroatoms. The minimum absolute atomic E-state index is 0.0176. The number of amides is 1. The molecule has 2 heterocycles. The second kappa shape index (κ2) is 8.66. The number of rotatable bonds is 6. The van der Waals surface area contributed by atoms with E-state index in [0.29, 0.717) is 25.4 Å². The quantitative estimate of drug-likeness (QED) is 0.574. The molecule has 0 bridgehead atoms. The Balaban J connectivity index is 1.52. The fourth-order valence-electron chi connectivity index (χ4n) is 2.74. The first kappa shape index (κ1) is 19.6. The van der Waals surface area contributed by atoms with Gasteiger partial charge in [-0.1, -0.05) is 18.2 Å². The standard InChI is InChI=1S/C19H22FN5O3/c1-12-5-6-13(7-23-12)10-27-15-8-25(9-15)16-4-2-3-14(17(16)20)11-28-19(26)24-18(21)22/h2-7,15H,8-11H2,1H3,(H4,21,22,24,26). The Bertz CT molecular complexity index is 862. The molecule has 28 heavy (non-hydrogen) atoms. The van der Waals surface area contributed by atoms with Crippen molar-refractivity contribution < 1.29 is 18.7 Å². The van der Waals surface area contributed by atoms with E-state index >= 15 is 0 Å². The predicted molar refractivity (Wildman–Crippen MR) is 102 cm³/mol. The summed E-state index contributed by atoms with van der Waals surface area (Å²) in [6, 6.07) is 8.84. The zero-order chi connectivity index (χ0) is 20.1. The largest absolute Gasteiger partial charge is 0.443 e. The summed E-state index contributed by atoms with van der Waals surface area (Å²) >= 11 is 0. The number of halogens is 1. The Hall–Kier alpha value is -3.20. The van der Waals surface area contributed by atoms with E-state index in [1.54, 1.807) is 24.4 Å². The molecule has 1 amide bonds. The molecule has 4 N–H and O–H groups in total. The van der Waals surface area contributed by atoms with Crippen LogP contribution in [0.1, 0.15) is 16.8 Å². The zero-order valence-corrected chi connectivity index (χ0v) is 15.5. The van der Waals surface area contributed by atoms with Crippen molar-refractivity contribution in [1.82, 2.24) is 4.98 Å². The van der Waals surface area contributed by atoms with Crippen LogP contribution >= 0.6 is 0 Å². The van der Waals surface area contributed by atoms with Crippen LogP contribution in [-0.2, 0) is 22.7 Å². The average molecular weight is 387 g/mol. The van der Waals surface area contributed by atoms with E-state index < -0.39 is 17.9 Å². The van der Waals surface area contributed by atoms with E-state index in [4.69, 9.17) is 20.9 Å². The van der Waals surface area contributed by atoms with Gasteiger partial charge in [0.25, 0.3) is 0 Å². The number of nitrogens with zero attached hydrogens (tertiary/aromatic N) is 3. The zero-order valence-electron chi connectivity index (χ0n) is 15.5. The molecule has 0 spiro atoms. The molecule has 1 aliphatic rings. The summed E-state index contributed by atoms with van der Waals surface area (Å²) in [7, 11) is 0. The van der Waals surface area contributed by atoms with Crippen LogP contribution in [0.3, 0.4) is 0 Å². The second-order valence-corrected chi connectivity index (χ2v) is 6.49. The minimum atomic E-state index is -0.965. The summed E-state index contributed by atoms with van der Waals surface area (Å²) in [5, 5.41) is 0. The van der Waals surface area contributed by atoms with Crippen molar-refractivity contribution in [1.29, 1.82) is 0 Å². The molecular weight excluding hydrogens is 365 g/mol. The number of ether oxygens (including phenoxy) is 2. The van der Waals surface area contributed by atoms with Gasteiger partial charge in [-0.05, 0) is 24.6 Å². The van der Waals surface area contributed by atoms with Crippen LogP contribution in [0, 0.1) is 12.7 Å². The lowest BCUT2D eigenvalue weighted by molar-refractivity contribution is 0.0220. The molecule has 1 fully saturated rings. The number of benzene rings is 1. The van der Waals surface area contributed by atoms with Crippen molar-refractivity contribution in [2.24, 2.45) is 16.5 Å². The summed E-state index contributed by atoms with van der Waals surface area (Å²) in [4.78, 5) is 20.7. The number of carbonyl (C=O) groups is 1. The molecule has 8 nitrogen and oxygen atoms in total. The van der Waals surface area contributed by atoms with Crippen molar-refractivity contribution in [3.63, 3.8) is 0 Å². The number of aliphatic imine (C=N–C) groups is 1. The molecule has 1 aliphatic heterocycles. The van der Waals surface area contributed by atoms with Crippen molar-refractivity contribution in [2.75, 3.05) is 18.0 Å². The fraction of sp³-hybridized carbons (Fsp3) is 0.316. The Morgan fingerprint density at radius 2 is 2.07 bits per heavy atom. The molecule has 0 radical (unpaired) electrons. The van der Waals surface area contributed by atoms with E-state index in [1.807, 2.05) is 24.0 Å². The number of nitrogens with two attached hydrogens (primary N) is 2. The minimum Gasteiger partial charge on any atom is -0.443 e. The summed E-state index contributed by atoms with van der Waals surface area (Å²) < 4.78 is 25.4. The molecule has 0 saturated carbocycles. The molecule has 2 aromatic rings.